The number of rotatable bonds is 1. The monoisotopic (exact) mass is 228 g/mol. The van der Waals surface area contributed by atoms with E-state index in [1.165, 1.54) is 11.1 Å². The van der Waals surface area contributed by atoms with Gasteiger partial charge >= 0.3 is 0 Å². The van der Waals surface area contributed by atoms with Gasteiger partial charge in [0.05, 0.1) is 5.69 Å². The van der Waals surface area contributed by atoms with Gasteiger partial charge in [-0.1, -0.05) is 17.7 Å². The van der Waals surface area contributed by atoms with E-state index < -0.39 is 0 Å². The summed E-state index contributed by atoms with van der Waals surface area (Å²) in [6.45, 7) is 6.06. The summed E-state index contributed by atoms with van der Waals surface area (Å²) in [6.07, 6.45) is 2.13. The van der Waals surface area contributed by atoms with Crippen LogP contribution in [0.1, 0.15) is 30.9 Å². The molecule has 17 heavy (non-hydrogen) atoms. The van der Waals surface area contributed by atoms with Gasteiger partial charge in [0.1, 0.15) is 5.54 Å². The van der Waals surface area contributed by atoms with E-state index in [9.17, 15) is 0 Å². The Hall–Kier alpha value is -1.64. The molecule has 0 amide bonds. The van der Waals surface area contributed by atoms with Gasteiger partial charge in [-0.2, -0.15) is 0 Å². The molecule has 1 aromatic carbocycles. The Balaban J connectivity index is 1.97. The second-order valence-corrected chi connectivity index (χ2v) is 4.97. The van der Waals surface area contributed by atoms with Crippen LogP contribution in [0, 0.1) is 13.8 Å². The normalized spacial score (nSPS) is 22.8. The van der Waals surface area contributed by atoms with Gasteiger partial charge < -0.3 is 4.74 Å². The molecule has 3 heteroatoms. The minimum atomic E-state index is -0.110. The van der Waals surface area contributed by atoms with Crippen molar-refractivity contribution in [2.24, 2.45) is 9.98 Å². The Morgan fingerprint density at radius 1 is 1.24 bits per heavy atom. The maximum Gasteiger partial charge on any atom is 0.224 e. The molecule has 1 heterocycles. The van der Waals surface area contributed by atoms with Crippen molar-refractivity contribution in [3.8, 4) is 0 Å². The molecule has 0 unspecified atom stereocenters. The third-order valence-electron chi connectivity index (χ3n) is 3.31. The van der Waals surface area contributed by atoms with Crippen LogP contribution in [-0.2, 0) is 4.74 Å². The Labute approximate surface area is 101 Å². The van der Waals surface area contributed by atoms with Gasteiger partial charge in [0.2, 0.25) is 5.90 Å². The van der Waals surface area contributed by atoms with E-state index in [1.807, 2.05) is 13.0 Å². The van der Waals surface area contributed by atoms with Crippen LogP contribution in [0.3, 0.4) is 0 Å². The van der Waals surface area contributed by atoms with Crippen LogP contribution in [0.15, 0.2) is 28.2 Å². The molecule has 88 valence electrons. The molecule has 1 aliphatic heterocycles. The minimum Gasteiger partial charge on any atom is -0.427 e. The van der Waals surface area contributed by atoms with Gasteiger partial charge in [0.25, 0.3) is 0 Å². The van der Waals surface area contributed by atoms with Crippen molar-refractivity contribution in [1.82, 2.24) is 0 Å². The van der Waals surface area contributed by atoms with E-state index in [1.54, 1.807) is 0 Å². The Morgan fingerprint density at radius 2 is 2.00 bits per heavy atom. The summed E-state index contributed by atoms with van der Waals surface area (Å²) in [6, 6.07) is 6.26. The summed E-state index contributed by atoms with van der Waals surface area (Å²) in [5.74, 6) is 1.52. The van der Waals surface area contributed by atoms with Crippen LogP contribution in [0.2, 0.25) is 0 Å². The number of hydrogen-bond acceptors (Lipinski definition) is 3. The molecule has 0 N–H and O–H groups in total. The van der Waals surface area contributed by atoms with Gasteiger partial charge in [-0.15, -0.1) is 0 Å². The molecule has 1 spiro atoms. The predicted octanol–water partition coefficient (Wildman–Crippen LogP) is 3.31. The summed E-state index contributed by atoms with van der Waals surface area (Å²) < 4.78 is 5.63. The first-order valence-electron chi connectivity index (χ1n) is 6.00. The zero-order valence-corrected chi connectivity index (χ0v) is 10.4. The van der Waals surface area contributed by atoms with Crippen LogP contribution in [0.4, 0.5) is 5.69 Å². The highest BCUT2D eigenvalue weighted by molar-refractivity contribution is 6.05. The molecule has 2 aliphatic rings. The number of aryl methyl sites for hydroxylation is 2. The summed E-state index contributed by atoms with van der Waals surface area (Å²) in [5, 5.41) is 0. The summed E-state index contributed by atoms with van der Waals surface area (Å²) in [5.41, 5.74) is 3.32. The molecule has 0 radical (unpaired) electrons. The lowest BCUT2D eigenvalue weighted by Crippen LogP contribution is -2.16. The second-order valence-electron chi connectivity index (χ2n) is 4.97. The molecule has 1 saturated carbocycles. The molecule has 1 aromatic rings. The van der Waals surface area contributed by atoms with Crippen LogP contribution in [-0.4, -0.2) is 17.3 Å². The fourth-order valence-corrected chi connectivity index (χ4v) is 2.22. The zero-order chi connectivity index (χ0) is 12.0. The average Bonchev–Trinajstić information content (AvgIpc) is 2.94. The topological polar surface area (TPSA) is 34.0 Å². The Morgan fingerprint density at radius 3 is 2.65 bits per heavy atom. The van der Waals surface area contributed by atoms with Gasteiger partial charge in [-0.25, -0.2) is 9.98 Å². The van der Waals surface area contributed by atoms with Gasteiger partial charge in [0.15, 0.2) is 5.90 Å². The van der Waals surface area contributed by atoms with E-state index in [2.05, 4.69) is 36.0 Å². The van der Waals surface area contributed by atoms with Crippen LogP contribution >= 0.6 is 0 Å². The minimum absolute atomic E-state index is 0.110. The van der Waals surface area contributed by atoms with Gasteiger partial charge in [0, 0.05) is 6.92 Å². The first-order chi connectivity index (χ1) is 8.09. The molecule has 3 rings (SSSR count). The lowest BCUT2D eigenvalue weighted by molar-refractivity contribution is 0.545. The Kier molecular flexibility index (Phi) is 2.12. The van der Waals surface area contributed by atoms with Crippen molar-refractivity contribution < 1.29 is 4.74 Å². The van der Waals surface area contributed by atoms with E-state index in [4.69, 9.17) is 4.74 Å². The molecular weight excluding hydrogens is 212 g/mol. The molecule has 0 bridgehead atoms. The average molecular weight is 228 g/mol. The summed E-state index contributed by atoms with van der Waals surface area (Å²) in [4.78, 5) is 9.16. The van der Waals surface area contributed by atoms with Crippen LogP contribution < -0.4 is 0 Å². The van der Waals surface area contributed by atoms with Gasteiger partial charge in [-0.05, 0) is 38.3 Å². The highest BCUT2D eigenvalue weighted by Crippen LogP contribution is 2.45. The van der Waals surface area contributed by atoms with Crippen molar-refractivity contribution in [3.63, 3.8) is 0 Å². The van der Waals surface area contributed by atoms with E-state index in [0.29, 0.717) is 0 Å². The fraction of sp³-hybridized carbons (Fsp3) is 0.429. The highest BCUT2D eigenvalue weighted by atomic mass is 16.5. The largest absolute Gasteiger partial charge is 0.427 e. The fourth-order valence-electron chi connectivity index (χ4n) is 2.22. The van der Waals surface area contributed by atoms with Crippen molar-refractivity contribution in [3.05, 3.63) is 29.3 Å². The maximum atomic E-state index is 5.63. The Bertz CT molecular complexity index is 539. The molecule has 3 nitrogen and oxygen atoms in total. The molecule has 0 aromatic heterocycles. The lowest BCUT2D eigenvalue weighted by Gasteiger charge is -2.06. The molecule has 0 atom stereocenters. The zero-order valence-electron chi connectivity index (χ0n) is 10.4. The quantitative estimate of drug-likeness (QED) is 0.726. The van der Waals surface area contributed by atoms with E-state index in [-0.39, 0.29) is 5.54 Å². The van der Waals surface area contributed by atoms with Gasteiger partial charge in [-0.3, -0.25) is 0 Å². The van der Waals surface area contributed by atoms with Crippen LogP contribution in [0.5, 0.6) is 0 Å². The van der Waals surface area contributed by atoms with Crippen molar-refractivity contribution in [2.45, 2.75) is 39.2 Å². The number of nitrogens with zero attached hydrogens (tertiary/aromatic N) is 2. The highest BCUT2D eigenvalue weighted by Gasteiger charge is 2.53. The molecule has 1 aliphatic carbocycles. The van der Waals surface area contributed by atoms with E-state index in [0.717, 1.165) is 30.3 Å². The number of hydrogen-bond donors (Lipinski definition) is 0. The number of ether oxygens (including phenoxy) is 1. The predicted molar refractivity (Wildman–Crippen MR) is 69.2 cm³/mol. The number of benzene rings is 1. The molecule has 1 fully saturated rings. The molecule has 0 saturated heterocycles. The second kappa shape index (κ2) is 3.42. The van der Waals surface area contributed by atoms with E-state index >= 15 is 0 Å². The van der Waals surface area contributed by atoms with Crippen molar-refractivity contribution in [2.75, 3.05) is 0 Å². The maximum absolute atomic E-state index is 5.63. The van der Waals surface area contributed by atoms with Crippen molar-refractivity contribution in [1.29, 1.82) is 0 Å². The smallest absolute Gasteiger partial charge is 0.224 e. The first-order valence-corrected chi connectivity index (χ1v) is 6.00. The van der Waals surface area contributed by atoms with Crippen molar-refractivity contribution >= 4 is 17.5 Å². The lowest BCUT2D eigenvalue weighted by atomic mass is 10.1. The third-order valence-corrected chi connectivity index (χ3v) is 3.31. The summed E-state index contributed by atoms with van der Waals surface area (Å²) in [7, 11) is 0. The summed E-state index contributed by atoms with van der Waals surface area (Å²) >= 11 is 0. The standard InChI is InChI=1S/C14H16N2O/c1-9-4-5-12(10(2)8-9)15-13-14(6-7-14)16-11(3)17-13/h4-5,8H,6-7H2,1-3H3. The first kappa shape index (κ1) is 10.5. The number of aliphatic imine (C=N–C) groups is 2. The molecular formula is C14H16N2O. The van der Waals surface area contributed by atoms with Crippen LogP contribution in [0.25, 0.3) is 0 Å². The SMILES string of the molecule is CC1=NC2(CC2)C(=Nc2ccc(C)cc2C)O1. The third kappa shape index (κ3) is 1.75.